The molecule has 1 aliphatic heterocycles. The number of nitrogens with two attached hydrogens (primary N) is 1. The maximum Gasteiger partial charge on any atom is 0.363 e. The van der Waals surface area contributed by atoms with Gasteiger partial charge in [-0.15, -0.1) is 0 Å². The van der Waals surface area contributed by atoms with Crippen molar-refractivity contribution in [2.24, 2.45) is 0 Å². The fraction of sp³-hybridized carbons (Fsp3) is 0.353. The monoisotopic (exact) mass is 379 g/mol. The number of nitrogens with zero attached hydrogens (tertiary/aromatic N) is 2. The standard InChI is InChI=1S/C17H18FN3O6/c1-9-12(22)13(23)17(27-9,21-7-11(18)14(19)20-16(21)25)15(24)26-8-10-5-3-2-4-6-10/h2-7,9,12-13,22-23H,8H2,1H3,(H2,19,20,25)/t9-,12-,13-,17+/m1/s1. The van der Waals surface area contributed by atoms with E-state index in [0.29, 0.717) is 16.3 Å². The van der Waals surface area contributed by atoms with Gasteiger partial charge in [-0.2, -0.15) is 4.98 Å². The Bertz CT molecular complexity index is 905. The van der Waals surface area contributed by atoms with Gasteiger partial charge in [0.25, 0.3) is 5.72 Å². The summed E-state index contributed by atoms with van der Waals surface area (Å²) in [5.41, 5.74) is 2.24. The van der Waals surface area contributed by atoms with Crippen molar-refractivity contribution in [3.63, 3.8) is 0 Å². The van der Waals surface area contributed by atoms with E-state index >= 15 is 0 Å². The molecule has 0 radical (unpaired) electrons. The van der Waals surface area contributed by atoms with Crippen LogP contribution < -0.4 is 11.4 Å². The van der Waals surface area contributed by atoms with E-state index in [0.717, 1.165) is 0 Å². The second-order valence-corrected chi connectivity index (χ2v) is 6.14. The summed E-state index contributed by atoms with van der Waals surface area (Å²) in [6.07, 6.45) is -3.89. The van der Waals surface area contributed by atoms with Gasteiger partial charge < -0.3 is 25.4 Å². The van der Waals surface area contributed by atoms with Crippen LogP contribution in [0.3, 0.4) is 0 Å². The van der Waals surface area contributed by atoms with Crippen molar-refractivity contribution in [3.05, 3.63) is 58.4 Å². The fourth-order valence-corrected chi connectivity index (χ4v) is 2.89. The van der Waals surface area contributed by atoms with E-state index < -0.39 is 47.3 Å². The molecule has 2 aromatic rings. The van der Waals surface area contributed by atoms with Crippen LogP contribution in [-0.2, 0) is 26.6 Å². The average molecular weight is 379 g/mol. The molecule has 0 aliphatic carbocycles. The van der Waals surface area contributed by atoms with Crippen molar-refractivity contribution in [2.75, 3.05) is 5.73 Å². The number of aliphatic hydroxyl groups is 2. The maximum absolute atomic E-state index is 13.9. The number of halogens is 1. The number of hydrogen-bond donors (Lipinski definition) is 3. The molecule has 1 fully saturated rings. The summed E-state index contributed by atoms with van der Waals surface area (Å²) in [7, 11) is 0. The number of aromatic nitrogens is 2. The highest BCUT2D eigenvalue weighted by atomic mass is 19.1. The number of carbonyl (C=O) groups is 1. The molecule has 0 saturated carbocycles. The van der Waals surface area contributed by atoms with E-state index in [9.17, 15) is 24.2 Å². The molecule has 4 atom stereocenters. The lowest BCUT2D eigenvalue weighted by Gasteiger charge is -2.31. The van der Waals surface area contributed by atoms with Crippen LogP contribution in [0.15, 0.2) is 41.3 Å². The molecule has 3 rings (SSSR count). The maximum atomic E-state index is 13.9. The van der Waals surface area contributed by atoms with Gasteiger partial charge in [-0.3, -0.25) is 4.57 Å². The van der Waals surface area contributed by atoms with Crippen molar-refractivity contribution in [1.29, 1.82) is 0 Å². The quantitative estimate of drug-likeness (QED) is 0.605. The van der Waals surface area contributed by atoms with Crippen molar-refractivity contribution in [1.82, 2.24) is 9.55 Å². The molecule has 2 heterocycles. The molecule has 1 saturated heterocycles. The van der Waals surface area contributed by atoms with Crippen LogP contribution in [0.25, 0.3) is 0 Å². The van der Waals surface area contributed by atoms with E-state index in [2.05, 4.69) is 4.98 Å². The highest BCUT2D eigenvalue weighted by Gasteiger charge is 2.61. The fourth-order valence-electron chi connectivity index (χ4n) is 2.89. The van der Waals surface area contributed by atoms with Crippen LogP contribution in [0, 0.1) is 5.82 Å². The first-order valence-electron chi connectivity index (χ1n) is 8.07. The molecule has 10 heteroatoms. The first-order chi connectivity index (χ1) is 12.8. The zero-order chi connectivity index (χ0) is 19.8. The van der Waals surface area contributed by atoms with Gasteiger partial charge in [-0.1, -0.05) is 30.3 Å². The summed E-state index contributed by atoms with van der Waals surface area (Å²) < 4.78 is 25.0. The minimum Gasteiger partial charge on any atom is -0.457 e. The SMILES string of the molecule is C[C@H]1O[C@@](C(=O)OCc2ccccc2)(n2cc(F)c(N)nc2=O)[C@H](O)[C@@H]1O. The summed E-state index contributed by atoms with van der Waals surface area (Å²) >= 11 is 0. The Labute approximate surface area is 152 Å². The molecular formula is C17H18FN3O6. The summed E-state index contributed by atoms with van der Waals surface area (Å²) in [5, 5.41) is 20.5. The highest BCUT2D eigenvalue weighted by molar-refractivity contribution is 5.78. The van der Waals surface area contributed by atoms with Gasteiger partial charge in [0.2, 0.25) is 0 Å². The van der Waals surface area contributed by atoms with E-state index in [1.807, 2.05) is 0 Å². The Morgan fingerprint density at radius 3 is 2.67 bits per heavy atom. The minimum atomic E-state index is -2.51. The van der Waals surface area contributed by atoms with Gasteiger partial charge in [0.15, 0.2) is 11.6 Å². The zero-order valence-corrected chi connectivity index (χ0v) is 14.3. The topological polar surface area (TPSA) is 137 Å². The molecule has 4 N–H and O–H groups in total. The average Bonchev–Trinajstić information content (AvgIpc) is 2.88. The normalized spacial score (nSPS) is 27.5. The van der Waals surface area contributed by atoms with E-state index in [4.69, 9.17) is 15.2 Å². The number of benzene rings is 1. The van der Waals surface area contributed by atoms with Gasteiger partial charge in [0, 0.05) is 0 Å². The molecule has 0 amide bonds. The number of rotatable bonds is 4. The first kappa shape index (κ1) is 19.0. The lowest BCUT2D eigenvalue weighted by atomic mass is 10.0. The van der Waals surface area contributed by atoms with Gasteiger partial charge in [-0.05, 0) is 12.5 Å². The van der Waals surface area contributed by atoms with Crippen LogP contribution in [0.4, 0.5) is 10.2 Å². The number of esters is 1. The Morgan fingerprint density at radius 1 is 1.41 bits per heavy atom. The second-order valence-electron chi connectivity index (χ2n) is 6.14. The number of aliphatic hydroxyl groups excluding tert-OH is 2. The lowest BCUT2D eigenvalue weighted by molar-refractivity contribution is -0.201. The lowest BCUT2D eigenvalue weighted by Crippen LogP contribution is -2.56. The Morgan fingerprint density at radius 2 is 2.07 bits per heavy atom. The molecule has 144 valence electrons. The molecule has 1 aromatic heterocycles. The van der Waals surface area contributed by atoms with Crippen molar-refractivity contribution in [3.8, 4) is 0 Å². The van der Waals surface area contributed by atoms with Crippen LogP contribution in [-0.4, -0.2) is 44.0 Å². The number of ether oxygens (including phenoxy) is 2. The van der Waals surface area contributed by atoms with Gasteiger partial charge in [0.05, 0.1) is 12.3 Å². The molecular weight excluding hydrogens is 361 g/mol. The summed E-state index contributed by atoms with van der Waals surface area (Å²) in [6, 6.07) is 8.63. The van der Waals surface area contributed by atoms with Crippen molar-refractivity contribution >= 4 is 11.8 Å². The van der Waals surface area contributed by atoms with Gasteiger partial charge in [-0.25, -0.2) is 14.0 Å². The van der Waals surface area contributed by atoms with Crippen molar-refractivity contribution < 1.29 is 28.9 Å². The molecule has 0 spiro atoms. The Kier molecular flexibility index (Phi) is 4.96. The van der Waals surface area contributed by atoms with E-state index in [1.54, 1.807) is 30.3 Å². The molecule has 9 nitrogen and oxygen atoms in total. The summed E-state index contributed by atoms with van der Waals surface area (Å²) in [6.45, 7) is 1.19. The van der Waals surface area contributed by atoms with Gasteiger partial charge >= 0.3 is 11.7 Å². The van der Waals surface area contributed by atoms with Crippen LogP contribution in [0.1, 0.15) is 12.5 Å². The van der Waals surface area contributed by atoms with E-state index in [-0.39, 0.29) is 6.61 Å². The highest BCUT2D eigenvalue weighted by Crippen LogP contribution is 2.36. The van der Waals surface area contributed by atoms with Crippen LogP contribution in [0.2, 0.25) is 0 Å². The summed E-state index contributed by atoms with van der Waals surface area (Å²) in [5.74, 6) is -2.96. The predicted octanol–water partition coefficient (Wildman–Crippen LogP) is -0.499. The van der Waals surface area contributed by atoms with Crippen LogP contribution >= 0.6 is 0 Å². The third kappa shape index (κ3) is 3.18. The first-order valence-corrected chi connectivity index (χ1v) is 8.07. The number of hydrogen-bond acceptors (Lipinski definition) is 8. The van der Waals surface area contributed by atoms with Crippen LogP contribution in [0.5, 0.6) is 0 Å². The smallest absolute Gasteiger partial charge is 0.363 e. The van der Waals surface area contributed by atoms with Gasteiger partial charge in [0.1, 0.15) is 18.8 Å². The largest absolute Gasteiger partial charge is 0.457 e. The second kappa shape index (κ2) is 7.06. The Balaban J connectivity index is 2.03. The summed E-state index contributed by atoms with van der Waals surface area (Å²) in [4.78, 5) is 28.4. The molecule has 27 heavy (non-hydrogen) atoms. The molecule has 0 unspecified atom stereocenters. The third-order valence-corrected chi connectivity index (χ3v) is 4.34. The zero-order valence-electron chi connectivity index (χ0n) is 14.3. The van der Waals surface area contributed by atoms with Crippen molar-refractivity contribution in [2.45, 2.75) is 37.6 Å². The molecule has 0 bridgehead atoms. The predicted molar refractivity (Wildman–Crippen MR) is 89.6 cm³/mol. The number of carbonyl (C=O) groups excluding carboxylic acids is 1. The Hall–Kier alpha value is -2.82. The molecule has 1 aliphatic rings. The third-order valence-electron chi connectivity index (χ3n) is 4.34. The minimum absolute atomic E-state index is 0.193. The number of nitrogen functional groups attached to an aromatic ring is 1. The van der Waals surface area contributed by atoms with E-state index in [1.165, 1.54) is 6.92 Å². The number of anilines is 1. The molecule has 1 aromatic carbocycles.